The van der Waals surface area contributed by atoms with Gasteiger partial charge in [0.2, 0.25) is 0 Å². The van der Waals surface area contributed by atoms with Crippen LogP contribution < -0.4 is 0 Å². The number of rotatable bonds is 4. The van der Waals surface area contributed by atoms with Crippen molar-refractivity contribution in [2.75, 3.05) is 13.1 Å². The van der Waals surface area contributed by atoms with Gasteiger partial charge in [-0.2, -0.15) is 18.3 Å². The van der Waals surface area contributed by atoms with E-state index in [1.165, 1.54) is 12.1 Å². The predicted octanol–water partition coefficient (Wildman–Crippen LogP) is 6.29. The summed E-state index contributed by atoms with van der Waals surface area (Å²) < 4.78 is 41.1. The van der Waals surface area contributed by atoms with E-state index in [9.17, 15) is 22.8 Å². The molecular formula is C26H23ClF3N3O2. The molecule has 1 unspecified atom stereocenters. The first kappa shape index (κ1) is 23.6. The number of Topliss-reactive ketones (excluding diaryl/α,β-unsaturated/α-hetero) is 1. The van der Waals surface area contributed by atoms with Gasteiger partial charge in [0.15, 0.2) is 5.78 Å². The number of ketones is 1. The maximum absolute atomic E-state index is 13.7. The summed E-state index contributed by atoms with van der Waals surface area (Å²) in [6, 6.07) is 10.4. The van der Waals surface area contributed by atoms with Crippen LogP contribution in [0.2, 0.25) is 5.02 Å². The zero-order valence-electron chi connectivity index (χ0n) is 18.8. The van der Waals surface area contributed by atoms with Gasteiger partial charge in [-0.05, 0) is 56.4 Å². The van der Waals surface area contributed by atoms with Crippen molar-refractivity contribution in [2.45, 2.75) is 44.2 Å². The van der Waals surface area contributed by atoms with Gasteiger partial charge in [-0.1, -0.05) is 29.8 Å². The molecule has 0 radical (unpaired) electrons. The number of alkyl halides is 3. The summed E-state index contributed by atoms with van der Waals surface area (Å²) in [5, 5.41) is 7.17. The third kappa shape index (κ3) is 4.35. The van der Waals surface area contributed by atoms with Crippen molar-refractivity contribution in [3.05, 3.63) is 75.4 Å². The number of hydrogen-bond donors (Lipinski definition) is 1. The van der Waals surface area contributed by atoms with E-state index in [4.69, 9.17) is 11.6 Å². The van der Waals surface area contributed by atoms with Gasteiger partial charge in [0.1, 0.15) is 0 Å². The lowest BCUT2D eigenvalue weighted by atomic mass is 9.79. The molecule has 2 heterocycles. The third-order valence-electron chi connectivity index (χ3n) is 6.83. The van der Waals surface area contributed by atoms with Gasteiger partial charge in [0.25, 0.3) is 5.91 Å². The highest BCUT2D eigenvalue weighted by Crippen LogP contribution is 2.43. The quantitative estimate of drug-likeness (QED) is 0.427. The first-order valence-electron chi connectivity index (χ1n) is 11.6. The molecule has 1 aliphatic heterocycles. The normalized spacial score (nSPS) is 17.9. The molecule has 2 aromatic carbocycles. The van der Waals surface area contributed by atoms with E-state index >= 15 is 0 Å². The zero-order chi connectivity index (χ0) is 24.7. The van der Waals surface area contributed by atoms with E-state index < -0.39 is 29.0 Å². The van der Waals surface area contributed by atoms with Gasteiger partial charge < -0.3 is 4.90 Å². The maximum Gasteiger partial charge on any atom is 0.417 e. The average molecular weight is 502 g/mol. The summed E-state index contributed by atoms with van der Waals surface area (Å²) >= 11 is 6.13. The minimum Gasteiger partial charge on any atom is -0.339 e. The average Bonchev–Trinajstić information content (AvgIpc) is 3.53. The Bertz CT molecular complexity index is 1280. The largest absolute Gasteiger partial charge is 0.417 e. The lowest BCUT2D eigenvalue weighted by Crippen LogP contribution is -2.27. The summed E-state index contributed by atoms with van der Waals surface area (Å²) in [5.41, 5.74) is 1.58. The number of aromatic nitrogens is 2. The Hall–Kier alpha value is -3.13. The number of carbonyl (C=O) groups excluding carboxylic acids is 2. The molecule has 0 spiro atoms. The molecule has 1 atom stereocenters. The molecular weight excluding hydrogens is 479 g/mol. The lowest BCUT2D eigenvalue weighted by molar-refractivity contribution is -0.137. The molecule has 0 bridgehead atoms. The minimum atomic E-state index is -4.70. The molecule has 1 fully saturated rings. The molecule has 1 amide bonds. The number of nitrogens with one attached hydrogen (secondary N) is 1. The topological polar surface area (TPSA) is 66.1 Å². The van der Waals surface area contributed by atoms with Gasteiger partial charge in [0.05, 0.1) is 22.2 Å². The molecule has 182 valence electrons. The molecule has 35 heavy (non-hydrogen) atoms. The van der Waals surface area contributed by atoms with Crippen molar-refractivity contribution in [1.29, 1.82) is 0 Å². The van der Waals surface area contributed by atoms with Gasteiger partial charge in [-0.15, -0.1) is 0 Å². The van der Waals surface area contributed by atoms with Crippen molar-refractivity contribution in [3.8, 4) is 11.3 Å². The van der Waals surface area contributed by atoms with E-state index in [0.29, 0.717) is 41.6 Å². The van der Waals surface area contributed by atoms with Crippen molar-refractivity contribution >= 4 is 23.3 Å². The smallest absolute Gasteiger partial charge is 0.339 e. The van der Waals surface area contributed by atoms with Crippen LogP contribution in [0.15, 0.2) is 42.5 Å². The van der Waals surface area contributed by atoms with Crippen LogP contribution in [-0.2, 0) is 12.6 Å². The fraction of sp³-hybridized carbons (Fsp3) is 0.346. The number of amides is 1. The van der Waals surface area contributed by atoms with E-state index in [0.717, 1.165) is 37.7 Å². The molecule has 1 saturated heterocycles. The number of halogens is 4. The Kier molecular flexibility index (Phi) is 6.17. The van der Waals surface area contributed by atoms with E-state index in [1.54, 1.807) is 24.3 Å². The van der Waals surface area contributed by atoms with Crippen LogP contribution in [0.1, 0.15) is 69.1 Å². The molecule has 1 aromatic heterocycles. The monoisotopic (exact) mass is 501 g/mol. The molecule has 1 aliphatic carbocycles. The number of likely N-dealkylation sites (tertiary alicyclic amines) is 1. The third-order valence-corrected chi connectivity index (χ3v) is 7.15. The van der Waals surface area contributed by atoms with Crippen molar-refractivity contribution in [2.24, 2.45) is 0 Å². The van der Waals surface area contributed by atoms with Crippen molar-refractivity contribution in [3.63, 3.8) is 0 Å². The number of aryl methyl sites for hydroxylation is 1. The van der Waals surface area contributed by atoms with E-state index in [-0.39, 0.29) is 10.9 Å². The summed E-state index contributed by atoms with van der Waals surface area (Å²) in [6.45, 7) is 1.50. The van der Waals surface area contributed by atoms with Gasteiger partial charge in [-0.25, -0.2) is 0 Å². The molecule has 5 rings (SSSR count). The molecule has 0 saturated carbocycles. The number of benzene rings is 2. The van der Waals surface area contributed by atoms with Gasteiger partial charge >= 0.3 is 6.18 Å². The molecule has 5 nitrogen and oxygen atoms in total. The number of aromatic amines is 1. The maximum atomic E-state index is 13.7. The van der Waals surface area contributed by atoms with Crippen LogP contribution in [-0.4, -0.2) is 39.9 Å². The van der Waals surface area contributed by atoms with Crippen LogP contribution in [0.25, 0.3) is 11.3 Å². The van der Waals surface area contributed by atoms with Crippen LogP contribution in [0.3, 0.4) is 0 Å². The van der Waals surface area contributed by atoms with Crippen LogP contribution in [0, 0.1) is 0 Å². The SMILES string of the molecule is O=C(c1c(Cl)cccc1C(F)(F)F)C1CCCc2[nH]nc(-c3ccc(C(=O)N4CCCC4)cc3)c21. The molecule has 3 aromatic rings. The van der Waals surface area contributed by atoms with Crippen LogP contribution in [0.5, 0.6) is 0 Å². The molecule has 1 N–H and O–H groups in total. The standard InChI is InChI=1S/C26H23ClF3N3O2/c27-19-7-4-6-18(26(28,29)30)22(19)24(34)17-5-3-8-20-21(17)23(32-31-20)15-9-11-16(12-10-15)25(35)33-13-1-2-14-33/h4,6-7,9-12,17H,1-3,5,8,13-14H2,(H,31,32). The highest BCUT2D eigenvalue weighted by molar-refractivity contribution is 6.34. The minimum absolute atomic E-state index is 0.0236. The fourth-order valence-corrected chi connectivity index (χ4v) is 5.39. The lowest BCUT2D eigenvalue weighted by Gasteiger charge is -2.24. The van der Waals surface area contributed by atoms with Gasteiger partial charge in [-0.3, -0.25) is 14.7 Å². The van der Waals surface area contributed by atoms with E-state index in [1.807, 2.05) is 4.90 Å². The highest BCUT2D eigenvalue weighted by atomic mass is 35.5. The summed E-state index contributed by atoms with van der Waals surface area (Å²) in [4.78, 5) is 28.0. The number of fused-ring (bicyclic) bond motifs is 1. The second kappa shape index (κ2) is 9.15. The van der Waals surface area contributed by atoms with Crippen molar-refractivity contribution in [1.82, 2.24) is 15.1 Å². The Morgan fingerprint density at radius 3 is 2.43 bits per heavy atom. The second-order valence-corrected chi connectivity index (χ2v) is 9.42. The summed E-state index contributed by atoms with van der Waals surface area (Å²) in [5.74, 6) is -1.49. The predicted molar refractivity (Wildman–Crippen MR) is 126 cm³/mol. The second-order valence-electron chi connectivity index (χ2n) is 9.01. The Labute approximate surface area is 205 Å². The number of hydrogen-bond acceptors (Lipinski definition) is 3. The van der Waals surface area contributed by atoms with Gasteiger partial charge in [0, 0.05) is 41.0 Å². The van der Waals surface area contributed by atoms with E-state index in [2.05, 4.69) is 10.2 Å². The molecule has 2 aliphatic rings. The summed E-state index contributed by atoms with van der Waals surface area (Å²) in [6.07, 6.45) is -1.02. The molecule has 9 heteroatoms. The van der Waals surface area contributed by atoms with Crippen LogP contribution in [0.4, 0.5) is 13.2 Å². The number of nitrogens with zero attached hydrogens (tertiary/aromatic N) is 2. The van der Waals surface area contributed by atoms with Crippen molar-refractivity contribution < 1.29 is 22.8 Å². The number of H-pyrrole nitrogens is 1. The zero-order valence-corrected chi connectivity index (χ0v) is 19.5. The Morgan fingerprint density at radius 1 is 1.03 bits per heavy atom. The Morgan fingerprint density at radius 2 is 1.74 bits per heavy atom. The first-order chi connectivity index (χ1) is 16.8. The van der Waals surface area contributed by atoms with Crippen LogP contribution >= 0.6 is 11.6 Å². The number of carbonyl (C=O) groups is 2. The summed E-state index contributed by atoms with van der Waals surface area (Å²) in [7, 11) is 0. The highest BCUT2D eigenvalue weighted by Gasteiger charge is 2.40. The Balaban J connectivity index is 1.51. The fourth-order valence-electron chi connectivity index (χ4n) is 5.12. The first-order valence-corrected chi connectivity index (χ1v) is 12.0.